The monoisotopic (exact) mass is 900 g/mol. The largest absolute Gasteiger partial charge is 0.388 e. The Kier molecular flexibility index (Phi) is 17.2. The maximum atomic E-state index is 12.9. The van der Waals surface area contributed by atoms with Crippen LogP contribution in [0, 0.1) is 0 Å². The molecule has 2 aliphatic heterocycles. The van der Waals surface area contributed by atoms with Crippen LogP contribution in [0.3, 0.4) is 0 Å². The van der Waals surface area contributed by atoms with E-state index >= 15 is 0 Å². The molecule has 12 nitrogen and oxygen atoms in total. The van der Waals surface area contributed by atoms with Crippen LogP contribution in [-0.2, 0) is 51.7 Å². The van der Waals surface area contributed by atoms with Gasteiger partial charge in [-0.3, -0.25) is 4.90 Å². The molecule has 352 valence electrons. The summed E-state index contributed by atoms with van der Waals surface area (Å²) in [4.78, 5) is 1.95. The summed E-state index contributed by atoms with van der Waals surface area (Å²) in [7, 11) is 1.89. The summed E-state index contributed by atoms with van der Waals surface area (Å²) in [6.07, 6.45) is -3.98. The molecule has 0 amide bonds. The first-order chi connectivity index (χ1) is 32.2. The Labute approximate surface area is 390 Å². The van der Waals surface area contributed by atoms with Gasteiger partial charge < -0.3 is 55.5 Å². The van der Waals surface area contributed by atoms with Crippen LogP contribution >= 0.6 is 0 Å². The maximum absolute atomic E-state index is 12.9. The number of nitrogens with zero attached hydrogens (tertiary/aromatic N) is 1. The minimum atomic E-state index is -1.39. The van der Waals surface area contributed by atoms with Crippen molar-refractivity contribution in [3.63, 3.8) is 0 Å². The van der Waals surface area contributed by atoms with Gasteiger partial charge in [0, 0.05) is 51.4 Å². The molecule has 5 aromatic carbocycles. The van der Waals surface area contributed by atoms with Gasteiger partial charge in [0.2, 0.25) is 0 Å². The number of likely N-dealkylation sites (N-methyl/N-ethyl adjacent to an activating group) is 1. The van der Waals surface area contributed by atoms with E-state index in [9.17, 15) is 15.3 Å². The standard InChI is InChI=1S/C54H69N5O7/c1-54(62)37-63-53(48(61)51(54)59(2)36-42-26-16-7-17-27-42)66-50-46(58-34-41-24-14-6-15-25-41)30-45(57-33-40-22-12-5-13-23-40)49(47(50)60)65-52-44(56-32-39-20-10-4-11-21-39)29-28-43(64-52)35-55-31-38-18-8-3-9-19-38/h3-27,43-53,55-58,60-62H,28-37H2,1-2H3/t43-,44+,45-,46?,47-,48+,49?,50?,51+,52?,53?,54-/m0/s1. The SMILES string of the molecule is CN(Cc1ccccc1)[C@@H]1[C@@H](O)C(OC2C(NCc3ccccc3)C[C@H](NCc3ccccc3)C(OC3O[C@H](CNCc4ccccc4)CC[C@H]3NCc3ccccc3)[C@@H]2O)OC[C@]1(C)O. The van der Waals surface area contributed by atoms with Crippen LogP contribution in [-0.4, -0.2) is 113 Å². The fraction of sp³-hybridized carbons (Fsp3) is 0.444. The van der Waals surface area contributed by atoms with E-state index in [0.717, 1.165) is 41.6 Å². The van der Waals surface area contributed by atoms with Gasteiger partial charge in [-0.2, -0.15) is 0 Å². The van der Waals surface area contributed by atoms with Gasteiger partial charge in [0.25, 0.3) is 0 Å². The molecule has 12 heteroatoms. The van der Waals surface area contributed by atoms with Gasteiger partial charge in [0.05, 0.1) is 24.8 Å². The lowest BCUT2D eigenvalue weighted by atomic mass is 9.82. The third kappa shape index (κ3) is 13.0. The topological polar surface area (TPSA) is 149 Å². The van der Waals surface area contributed by atoms with E-state index in [1.54, 1.807) is 6.92 Å². The van der Waals surface area contributed by atoms with Crippen molar-refractivity contribution in [2.24, 2.45) is 0 Å². The van der Waals surface area contributed by atoms with E-state index in [4.69, 9.17) is 18.9 Å². The van der Waals surface area contributed by atoms with E-state index < -0.39 is 54.7 Å². The van der Waals surface area contributed by atoms with Crippen LogP contribution in [0.15, 0.2) is 152 Å². The Morgan fingerprint density at radius 2 is 1.02 bits per heavy atom. The molecule has 0 aromatic heterocycles. The number of rotatable bonds is 20. The zero-order valence-corrected chi connectivity index (χ0v) is 38.3. The smallest absolute Gasteiger partial charge is 0.185 e. The molecule has 12 atom stereocenters. The summed E-state index contributed by atoms with van der Waals surface area (Å²) in [5.41, 5.74) is 4.21. The van der Waals surface area contributed by atoms with Crippen LogP contribution in [0.4, 0.5) is 0 Å². The number of ether oxygens (including phenoxy) is 4. The first-order valence-corrected chi connectivity index (χ1v) is 23.7. The lowest BCUT2D eigenvalue weighted by molar-refractivity contribution is -0.317. The molecule has 8 rings (SSSR count). The highest BCUT2D eigenvalue weighted by atomic mass is 16.7. The van der Waals surface area contributed by atoms with Crippen LogP contribution in [0.1, 0.15) is 54.0 Å². The number of hydrogen-bond acceptors (Lipinski definition) is 12. The van der Waals surface area contributed by atoms with Crippen molar-refractivity contribution < 1.29 is 34.3 Å². The highest BCUT2D eigenvalue weighted by molar-refractivity contribution is 5.19. The average molecular weight is 900 g/mol. The summed E-state index contributed by atoms with van der Waals surface area (Å²) < 4.78 is 27.1. The molecule has 5 aromatic rings. The highest BCUT2D eigenvalue weighted by Crippen LogP contribution is 2.35. The summed E-state index contributed by atoms with van der Waals surface area (Å²) >= 11 is 0. The van der Waals surface area contributed by atoms with Crippen LogP contribution in [0.25, 0.3) is 0 Å². The second kappa shape index (κ2) is 23.6. The number of hydrogen-bond donors (Lipinski definition) is 7. The average Bonchev–Trinajstić information content (AvgIpc) is 3.34. The van der Waals surface area contributed by atoms with Gasteiger partial charge in [-0.15, -0.1) is 0 Å². The molecule has 3 fully saturated rings. The minimum Gasteiger partial charge on any atom is -0.388 e. The maximum Gasteiger partial charge on any atom is 0.185 e. The summed E-state index contributed by atoms with van der Waals surface area (Å²) in [6.45, 7) is 5.17. The van der Waals surface area contributed by atoms with Crippen molar-refractivity contribution in [2.45, 2.75) is 132 Å². The van der Waals surface area contributed by atoms with Gasteiger partial charge in [-0.05, 0) is 61.1 Å². The third-order valence-electron chi connectivity index (χ3n) is 13.3. The molecular weight excluding hydrogens is 831 g/mol. The van der Waals surface area contributed by atoms with Gasteiger partial charge in [-0.1, -0.05) is 152 Å². The van der Waals surface area contributed by atoms with E-state index in [1.807, 2.05) is 115 Å². The van der Waals surface area contributed by atoms with E-state index in [0.29, 0.717) is 39.1 Å². The van der Waals surface area contributed by atoms with Crippen molar-refractivity contribution >= 4 is 0 Å². The zero-order chi connectivity index (χ0) is 45.7. The normalized spacial score (nSPS) is 30.3. The Hall–Kier alpha value is -4.38. The fourth-order valence-corrected chi connectivity index (χ4v) is 9.88. The predicted octanol–water partition coefficient (Wildman–Crippen LogP) is 5.26. The van der Waals surface area contributed by atoms with Gasteiger partial charge >= 0.3 is 0 Å². The Balaban J connectivity index is 1.07. The number of aliphatic hydroxyl groups is 3. The molecule has 1 aliphatic carbocycles. The quantitative estimate of drug-likeness (QED) is 0.0547. The van der Waals surface area contributed by atoms with Crippen molar-refractivity contribution in [1.29, 1.82) is 0 Å². The summed E-state index contributed by atoms with van der Waals surface area (Å²) in [5, 5.41) is 51.5. The molecule has 0 spiro atoms. The number of benzene rings is 5. The summed E-state index contributed by atoms with van der Waals surface area (Å²) in [6, 6.07) is 49.3. The Morgan fingerprint density at radius 3 is 1.52 bits per heavy atom. The van der Waals surface area contributed by atoms with Crippen molar-refractivity contribution in [3.05, 3.63) is 179 Å². The first kappa shape index (κ1) is 48.1. The van der Waals surface area contributed by atoms with Crippen molar-refractivity contribution in [2.75, 3.05) is 20.2 Å². The number of aliphatic hydroxyl groups excluding tert-OH is 2. The predicted molar refractivity (Wildman–Crippen MR) is 256 cm³/mol. The van der Waals surface area contributed by atoms with Crippen LogP contribution in [0.5, 0.6) is 0 Å². The molecule has 2 heterocycles. The molecule has 1 saturated carbocycles. The Morgan fingerprint density at radius 1 is 0.576 bits per heavy atom. The second-order valence-corrected chi connectivity index (χ2v) is 18.5. The minimum absolute atomic E-state index is 0.0744. The first-order valence-electron chi connectivity index (χ1n) is 23.7. The lowest BCUT2D eigenvalue weighted by Crippen LogP contribution is -2.69. The second-order valence-electron chi connectivity index (χ2n) is 18.5. The fourth-order valence-electron chi connectivity index (χ4n) is 9.88. The highest BCUT2D eigenvalue weighted by Gasteiger charge is 2.53. The molecule has 5 unspecified atom stereocenters. The number of nitrogens with one attached hydrogen (secondary N) is 4. The summed E-state index contributed by atoms with van der Waals surface area (Å²) in [5.74, 6) is 0. The van der Waals surface area contributed by atoms with Gasteiger partial charge in [0.15, 0.2) is 12.6 Å². The molecule has 0 radical (unpaired) electrons. The molecule has 7 N–H and O–H groups in total. The zero-order valence-electron chi connectivity index (χ0n) is 38.3. The lowest BCUT2D eigenvalue weighted by Gasteiger charge is -2.51. The van der Waals surface area contributed by atoms with Gasteiger partial charge in [-0.25, -0.2) is 0 Å². The van der Waals surface area contributed by atoms with E-state index in [1.165, 1.54) is 5.56 Å². The van der Waals surface area contributed by atoms with Gasteiger partial charge in [0.1, 0.15) is 30.0 Å². The molecule has 66 heavy (non-hydrogen) atoms. The van der Waals surface area contributed by atoms with Crippen LogP contribution in [0.2, 0.25) is 0 Å². The van der Waals surface area contributed by atoms with E-state index in [-0.39, 0.29) is 24.8 Å². The Bertz CT molecular complexity index is 2140. The third-order valence-corrected chi connectivity index (χ3v) is 13.3. The van der Waals surface area contributed by atoms with Crippen molar-refractivity contribution in [3.8, 4) is 0 Å². The molecular formula is C54H69N5O7. The van der Waals surface area contributed by atoms with E-state index in [2.05, 4.69) is 69.8 Å². The van der Waals surface area contributed by atoms with Crippen molar-refractivity contribution in [1.82, 2.24) is 26.2 Å². The molecule has 3 aliphatic rings. The van der Waals surface area contributed by atoms with Crippen LogP contribution < -0.4 is 21.3 Å². The molecule has 2 saturated heterocycles. The molecule has 0 bridgehead atoms.